The van der Waals surface area contributed by atoms with Crippen molar-refractivity contribution < 1.29 is 13.9 Å². The minimum absolute atomic E-state index is 0.0214. The molecule has 0 N–H and O–H groups in total. The maximum atomic E-state index is 13.7. The summed E-state index contributed by atoms with van der Waals surface area (Å²) in [6, 6.07) is 9.88. The molecule has 0 saturated carbocycles. The minimum Gasteiger partial charge on any atom is -0.493 e. The number of hydrogen-bond acceptors (Lipinski definition) is 2. The summed E-state index contributed by atoms with van der Waals surface area (Å²) in [4.78, 5) is 0. The van der Waals surface area contributed by atoms with Gasteiger partial charge in [-0.1, -0.05) is 23.7 Å². The van der Waals surface area contributed by atoms with E-state index in [0.717, 1.165) is 5.56 Å². The Morgan fingerprint density at radius 3 is 2.60 bits per heavy atom. The van der Waals surface area contributed by atoms with Crippen molar-refractivity contribution in [3.8, 4) is 11.5 Å². The first-order valence-electron chi connectivity index (χ1n) is 5.94. The summed E-state index contributed by atoms with van der Waals surface area (Å²) in [6.45, 7) is 0.0214. The molecule has 0 saturated heterocycles. The molecule has 5 heteroatoms. The van der Waals surface area contributed by atoms with E-state index in [-0.39, 0.29) is 6.61 Å². The first-order chi connectivity index (χ1) is 9.65. The summed E-state index contributed by atoms with van der Waals surface area (Å²) >= 11 is 11.7. The van der Waals surface area contributed by atoms with Crippen molar-refractivity contribution in [1.82, 2.24) is 0 Å². The fraction of sp³-hybridized carbons (Fsp3) is 0.200. The van der Waals surface area contributed by atoms with Crippen LogP contribution in [0.1, 0.15) is 11.1 Å². The molecule has 0 aliphatic carbocycles. The van der Waals surface area contributed by atoms with Crippen molar-refractivity contribution in [2.24, 2.45) is 0 Å². The molecule has 2 aromatic carbocycles. The van der Waals surface area contributed by atoms with Gasteiger partial charge in [0, 0.05) is 11.4 Å². The van der Waals surface area contributed by atoms with E-state index in [0.29, 0.717) is 28.0 Å². The molecule has 0 aromatic heterocycles. The monoisotopic (exact) mass is 314 g/mol. The fourth-order valence-electron chi connectivity index (χ4n) is 1.74. The zero-order chi connectivity index (χ0) is 14.5. The third-order valence-electron chi connectivity index (χ3n) is 2.82. The minimum atomic E-state index is -0.398. The normalized spacial score (nSPS) is 10.4. The predicted molar refractivity (Wildman–Crippen MR) is 78.3 cm³/mol. The Balaban J connectivity index is 2.22. The summed E-state index contributed by atoms with van der Waals surface area (Å²) in [5.41, 5.74) is 1.20. The number of rotatable bonds is 5. The van der Waals surface area contributed by atoms with E-state index in [1.807, 2.05) is 6.07 Å². The Hall–Kier alpha value is -1.45. The molecule has 0 aliphatic rings. The van der Waals surface area contributed by atoms with E-state index in [1.54, 1.807) is 31.4 Å². The van der Waals surface area contributed by atoms with Crippen molar-refractivity contribution in [3.05, 3.63) is 58.4 Å². The Kier molecular flexibility index (Phi) is 5.10. The zero-order valence-corrected chi connectivity index (χ0v) is 12.3. The van der Waals surface area contributed by atoms with Crippen LogP contribution in [0.4, 0.5) is 4.39 Å². The van der Waals surface area contributed by atoms with Crippen LogP contribution in [0.3, 0.4) is 0 Å². The molecule has 0 atom stereocenters. The van der Waals surface area contributed by atoms with Gasteiger partial charge in [-0.2, -0.15) is 0 Å². The second kappa shape index (κ2) is 6.82. The van der Waals surface area contributed by atoms with Gasteiger partial charge in [0.05, 0.1) is 12.1 Å². The van der Waals surface area contributed by atoms with E-state index >= 15 is 0 Å². The van der Waals surface area contributed by atoms with Crippen LogP contribution in [0, 0.1) is 5.82 Å². The predicted octanol–water partition coefficient (Wildman–Crippen LogP) is 4.81. The molecular formula is C15H13Cl2FO2. The number of hydrogen-bond donors (Lipinski definition) is 0. The van der Waals surface area contributed by atoms with Crippen LogP contribution >= 0.6 is 23.2 Å². The van der Waals surface area contributed by atoms with Gasteiger partial charge in [-0.25, -0.2) is 4.39 Å². The zero-order valence-electron chi connectivity index (χ0n) is 10.8. The molecule has 106 valence electrons. The smallest absolute Gasteiger partial charge is 0.161 e. The van der Waals surface area contributed by atoms with E-state index in [1.165, 1.54) is 6.07 Å². The number of benzene rings is 2. The topological polar surface area (TPSA) is 18.5 Å². The van der Waals surface area contributed by atoms with Crippen molar-refractivity contribution in [1.29, 1.82) is 0 Å². The van der Waals surface area contributed by atoms with Crippen LogP contribution in [-0.4, -0.2) is 7.11 Å². The third kappa shape index (κ3) is 3.35. The standard InChI is InChI=1S/C15H13Cl2FO2/c1-19-14-6-5-10(8-16)7-15(14)20-9-11-12(17)3-2-4-13(11)18/h2-7H,8-9H2,1H3. The lowest BCUT2D eigenvalue weighted by Gasteiger charge is -2.13. The lowest BCUT2D eigenvalue weighted by Crippen LogP contribution is -2.01. The maximum absolute atomic E-state index is 13.7. The van der Waals surface area contributed by atoms with Crippen molar-refractivity contribution in [2.75, 3.05) is 7.11 Å². The van der Waals surface area contributed by atoms with Crippen LogP contribution in [0.15, 0.2) is 36.4 Å². The van der Waals surface area contributed by atoms with Gasteiger partial charge in [-0.05, 0) is 29.8 Å². The van der Waals surface area contributed by atoms with Crippen LogP contribution in [0.25, 0.3) is 0 Å². The highest BCUT2D eigenvalue weighted by molar-refractivity contribution is 6.31. The molecule has 2 aromatic rings. The molecule has 0 amide bonds. The fourth-order valence-corrected chi connectivity index (χ4v) is 2.12. The highest BCUT2D eigenvalue weighted by atomic mass is 35.5. The Morgan fingerprint density at radius 2 is 1.95 bits per heavy atom. The summed E-state index contributed by atoms with van der Waals surface area (Å²) < 4.78 is 24.5. The van der Waals surface area contributed by atoms with Crippen LogP contribution < -0.4 is 9.47 Å². The molecule has 2 nitrogen and oxygen atoms in total. The summed E-state index contributed by atoms with van der Waals surface area (Å²) in [7, 11) is 1.54. The van der Waals surface area contributed by atoms with Crippen molar-refractivity contribution >= 4 is 23.2 Å². The Labute approximate surface area is 127 Å². The highest BCUT2D eigenvalue weighted by Crippen LogP contribution is 2.30. The first-order valence-corrected chi connectivity index (χ1v) is 6.85. The van der Waals surface area contributed by atoms with Gasteiger partial charge in [0.2, 0.25) is 0 Å². The molecule has 0 fully saturated rings. The summed E-state index contributed by atoms with van der Waals surface area (Å²) in [5.74, 6) is 1.03. The largest absolute Gasteiger partial charge is 0.493 e. The lowest BCUT2D eigenvalue weighted by atomic mass is 10.2. The van der Waals surface area contributed by atoms with Crippen LogP contribution in [-0.2, 0) is 12.5 Å². The van der Waals surface area contributed by atoms with Crippen LogP contribution in [0.2, 0.25) is 5.02 Å². The van der Waals surface area contributed by atoms with E-state index in [2.05, 4.69) is 0 Å². The average Bonchev–Trinajstić information content (AvgIpc) is 2.46. The van der Waals surface area contributed by atoms with Gasteiger partial charge in [0.1, 0.15) is 12.4 Å². The SMILES string of the molecule is COc1ccc(CCl)cc1OCc1c(F)cccc1Cl. The van der Waals surface area contributed by atoms with Gasteiger partial charge in [0.25, 0.3) is 0 Å². The first kappa shape index (κ1) is 14.9. The molecular weight excluding hydrogens is 302 g/mol. The second-order valence-electron chi connectivity index (χ2n) is 4.11. The number of halogens is 3. The Bertz CT molecular complexity index is 582. The van der Waals surface area contributed by atoms with Gasteiger partial charge in [0.15, 0.2) is 11.5 Å². The van der Waals surface area contributed by atoms with Gasteiger partial charge in [-0.15, -0.1) is 11.6 Å². The average molecular weight is 315 g/mol. The molecule has 0 bridgehead atoms. The summed E-state index contributed by atoms with van der Waals surface area (Å²) in [6.07, 6.45) is 0. The molecule has 0 aliphatic heterocycles. The highest BCUT2D eigenvalue weighted by Gasteiger charge is 2.10. The van der Waals surface area contributed by atoms with Gasteiger partial charge in [-0.3, -0.25) is 0 Å². The van der Waals surface area contributed by atoms with E-state index in [9.17, 15) is 4.39 Å². The number of ether oxygens (including phenoxy) is 2. The molecule has 20 heavy (non-hydrogen) atoms. The quantitative estimate of drug-likeness (QED) is 0.738. The van der Waals surface area contributed by atoms with Crippen molar-refractivity contribution in [2.45, 2.75) is 12.5 Å². The van der Waals surface area contributed by atoms with Crippen molar-refractivity contribution in [3.63, 3.8) is 0 Å². The third-order valence-corrected chi connectivity index (χ3v) is 3.48. The molecule has 0 spiro atoms. The molecule has 0 heterocycles. The summed E-state index contributed by atoms with van der Waals surface area (Å²) in [5, 5.41) is 0.331. The van der Waals surface area contributed by atoms with E-state index in [4.69, 9.17) is 32.7 Å². The van der Waals surface area contributed by atoms with Gasteiger partial charge >= 0.3 is 0 Å². The van der Waals surface area contributed by atoms with E-state index < -0.39 is 5.82 Å². The number of methoxy groups -OCH3 is 1. The van der Waals surface area contributed by atoms with Crippen LogP contribution in [0.5, 0.6) is 11.5 Å². The molecule has 0 unspecified atom stereocenters. The molecule has 0 radical (unpaired) electrons. The van der Waals surface area contributed by atoms with Gasteiger partial charge < -0.3 is 9.47 Å². The lowest BCUT2D eigenvalue weighted by molar-refractivity contribution is 0.279. The maximum Gasteiger partial charge on any atom is 0.161 e. The Morgan fingerprint density at radius 1 is 1.15 bits per heavy atom. The second-order valence-corrected chi connectivity index (χ2v) is 4.78. The number of alkyl halides is 1. The molecule has 2 rings (SSSR count).